The van der Waals surface area contributed by atoms with Crippen LogP contribution >= 0.6 is 0 Å². The fourth-order valence-electron chi connectivity index (χ4n) is 6.04. The molecule has 0 radical (unpaired) electrons. The number of aryl methyl sites for hydroxylation is 1. The second-order valence-corrected chi connectivity index (χ2v) is 10.1. The van der Waals surface area contributed by atoms with Crippen LogP contribution in [0.1, 0.15) is 17.7 Å². The summed E-state index contributed by atoms with van der Waals surface area (Å²) in [5, 5.41) is 3.77. The van der Waals surface area contributed by atoms with Gasteiger partial charge in [-0.25, -0.2) is 0 Å². The first-order valence-electron chi connectivity index (χ1n) is 13.2. The minimum absolute atomic E-state index is 0.973. The maximum Gasteiger partial charge on any atom is 0.135 e. The Labute approximate surface area is 221 Å². The second-order valence-electron chi connectivity index (χ2n) is 10.1. The van der Waals surface area contributed by atoms with Crippen LogP contribution in [0.25, 0.3) is 66.8 Å². The zero-order chi connectivity index (χ0) is 25.1. The first kappa shape index (κ1) is 21.3. The lowest BCUT2D eigenvalue weighted by atomic mass is 9.97. The molecule has 180 valence electrons. The molecule has 0 atom stereocenters. The molecule has 0 amide bonds. The molecule has 8 rings (SSSR count). The minimum atomic E-state index is 0.973. The van der Waals surface area contributed by atoms with Gasteiger partial charge >= 0.3 is 0 Å². The molecule has 2 nitrogen and oxygen atoms in total. The highest BCUT2D eigenvalue weighted by molar-refractivity contribution is 6.10. The normalized spacial score (nSPS) is 12.9. The lowest BCUT2D eigenvalue weighted by Gasteiger charge is -2.11. The van der Waals surface area contributed by atoms with Crippen molar-refractivity contribution in [1.29, 1.82) is 0 Å². The molecule has 1 aliphatic rings. The zero-order valence-electron chi connectivity index (χ0n) is 20.9. The molecule has 0 aliphatic heterocycles. The van der Waals surface area contributed by atoms with Gasteiger partial charge in [0.2, 0.25) is 0 Å². The molecule has 38 heavy (non-hydrogen) atoms. The molecule has 0 bridgehead atoms. The summed E-state index contributed by atoms with van der Waals surface area (Å²) >= 11 is 0. The van der Waals surface area contributed by atoms with E-state index in [2.05, 4.69) is 132 Å². The number of para-hydroxylation sites is 1. The summed E-state index contributed by atoms with van der Waals surface area (Å²) in [6.45, 7) is 0. The van der Waals surface area contributed by atoms with Gasteiger partial charge in [0.15, 0.2) is 0 Å². The molecule has 7 aromatic rings. The van der Waals surface area contributed by atoms with Crippen molar-refractivity contribution in [2.75, 3.05) is 0 Å². The summed E-state index contributed by atoms with van der Waals surface area (Å²) in [7, 11) is 0. The van der Waals surface area contributed by atoms with E-state index in [1.165, 1.54) is 60.7 Å². The predicted octanol–water partition coefficient (Wildman–Crippen LogP) is 9.82. The molecule has 0 fully saturated rings. The van der Waals surface area contributed by atoms with E-state index >= 15 is 0 Å². The molecular formula is C36H25NO. The van der Waals surface area contributed by atoms with E-state index < -0.39 is 0 Å². The van der Waals surface area contributed by atoms with Gasteiger partial charge in [-0.15, -0.1) is 0 Å². The standard InChI is InChI=1S/C36H25NO/c1-2-9-24(10-3-1)25-11-8-12-28(21-25)37-33-15-6-4-13-29(33)31-22-26(17-19-34(31)37)27-18-20-36-32(23-27)30-14-5-7-16-35(30)38-36/h1-4,6-13,15-23H,5,14H2. The Morgan fingerprint density at radius 2 is 1.29 bits per heavy atom. The SMILES string of the molecule is C1=Cc2oc3ccc(-c4ccc5c(c4)c4ccccc4n5-c4cccc(-c5ccccc5)c4)cc3c2CC1. The molecule has 2 aromatic heterocycles. The number of hydrogen-bond acceptors (Lipinski definition) is 1. The molecule has 0 saturated carbocycles. The van der Waals surface area contributed by atoms with Crippen LogP contribution in [0.2, 0.25) is 0 Å². The van der Waals surface area contributed by atoms with Crippen molar-refractivity contribution < 1.29 is 4.42 Å². The van der Waals surface area contributed by atoms with Crippen molar-refractivity contribution in [1.82, 2.24) is 4.57 Å². The molecule has 0 spiro atoms. The zero-order valence-corrected chi connectivity index (χ0v) is 20.9. The predicted molar refractivity (Wildman–Crippen MR) is 159 cm³/mol. The number of allylic oxidation sites excluding steroid dienone is 1. The number of fused-ring (bicyclic) bond motifs is 6. The highest BCUT2D eigenvalue weighted by Crippen LogP contribution is 2.38. The molecule has 0 unspecified atom stereocenters. The maximum atomic E-state index is 6.11. The van der Waals surface area contributed by atoms with Crippen LogP contribution < -0.4 is 0 Å². The summed E-state index contributed by atoms with van der Waals surface area (Å²) in [6, 6.07) is 41.6. The maximum absolute atomic E-state index is 6.11. The van der Waals surface area contributed by atoms with Gasteiger partial charge in [-0.3, -0.25) is 0 Å². The topological polar surface area (TPSA) is 18.1 Å². The van der Waals surface area contributed by atoms with Crippen molar-refractivity contribution in [2.24, 2.45) is 0 Å². The van der Waals surface area contributed by atoms with E-state index in [4.69, 9.17) is 4.42 Å². The lowest BCUT2D eigenvalue weighted by molar-refractivity contribution is 0.595. The summed E-state index contributed by atoms with van der Waals surface area (Å²) in [4.78, 5) is 0. The average molecular weight is 488 g/mol. The van der Waals surface area contributed by atoms with E-state index in [0.717, 1.165) is 24.2 Å². The monoisotopic (exact) mass is 487 g/mol. The average Bonchev–Trinajstić information content (AvgIpc) is 3.53. The van der Waals surface area contributed by atoms with Crippen LogP contribution in [0.4, 0.5) is 0 Å². The third-order valence-corrected chi connectivity index (χ3v) is 7.87. The fourth-order valence-corrected chi connectivity index (χ4v) is 6.04. The Morgan fingerprint density at radius 1 is 0.553 bits per heavy atom. The molecule has 0 saturated heterocycles. The number of furan rings is 1. The first-order valence-corrected chi connectivity index (χ1v) is 13.2. The van der Waals surface area contributed by atoms with E-state index in [1.54, 1.807) is 0 Å². The van der Waals surface area contributed by atoms with Crippen LogP contribution in [0.15, 0.2) is 126 Å². The van der Waals surface area contributed by atoms with Crippen LogP contribution in [-0.4, -0.2) is 4.57 Å². The van der Waals surface area contributed by atoms with E-state index in [-0.39, 0.29) is 0 Å². The Hall–Kier alpha value is -4.82. The number of aromatic nitrogens is 1. The number of benzene rings is 5. The van der Waals surface area contributed by atoms with Crippen LogP contribution in [-0.2, 0) is 6.42 Å². The first-order chi connectivity index (χ1) is 18.8. The largest absolute Gasteiger partial charge is 0.456 e. The van der Waals surface area contributed by atoms with Gasteiger partial charge in [-0.05, 0) is 83.6 Å². The van der Waals surface area contributed by atoms with Gasteiger partial charge in [-0.1, -0.05) is 78.9 Å². The fraction of sp³-hybridized carbons (Fsp3) is 0.0556. The van der Waals surface area contributed by atoms with Gasteiger partial charge in [0.1, 0.15) is 11.3 Å². The van der Waals surface area contributed by atoms with Crippen molar-refractivity contribution in [3.05, 3.63) is 133 Å². The third-order valence-electron chi connectivity index (χ3n) is 7.87. The van der Waals surface area contributed by atoms with E-state index in [0.29, 0.717) is 0 Å². The lowest BCUT2D eigenvalue weighted by Crippen LogP contribution is -1.94. The van der Waals surface area contributed by atoms with E-state index in [1.807, 2.05) is 0 Å². The van der Waals surface area contributed by atoms with Gasteiger partial charge < -0.3 is 8.98 Å². The van der Waals surface area contributed by atoms with Crippen molar-refractivity contribution >= 4 is 38.9 Å². The summed E-state index contributed by atoms with van der Waals surface area (Å²) in [5.74, 6) is 1.01. The Kier molecular flexibility index (Phi) is 4.68. The number of rotatable bonds is 3. The van der Waals surface area contributed by atoms with Crippen molar-refractivity contribution in [2.45, 2.75) is 12.8 Å². The van der Waals surface area contributed by atoms with Gasteiger partial charge in [0, 0.05) is 27.4 Å². The molecule has 5 aromatic carbocycles. The highest BCUT2D eigenvalue weighted by Gasteiger charge is 2.17. The second kappa shape index (κ2) is 8.36. The summed E-state index contributed by atoms with van der Waals surface area (Å²) < 4.78 is 8.50. The Balaban J connectivity index is 1.31. The third kappa shape index (κ3) is 3.27. The molecule has 2 heterocycles. The van der Waals surface area contributed by atoms with Gasteiger partial charge in [0.25, 0.3) is 0 Å². The number of hydrogen-bond donors (Lipinski definition) is 0. The Morgan fingerprint density at radius 3 is 2.21 bits per heavy atom. The quantitative estimate of drug-likeness (QED) is 0.242. The number of nitrogens with zero attached hydrogens (tertiary/aromatic N) is 1. The van der Waals surface area contributed by atoms with E-state index in [9.17, 15) is 0 Å². The summed E-state index contributed by atoms with van der Waals surface area (Å²) in [5.41, 5.74) is 10.8. The van der Waals surface area contributed by atoms with Gasteiger partial charge in [0.05, 0.1) is 11.0 Å². The molecular weight excluding hydrogens is 462 g/mol. The summed E-state index contributed by atoms with van der Waals surface area (Å²) in [6.07, 6.45) is 6.43. The molecule has 2 heteroatoms. The van der Waals surface area contributed by atoms with Crippen molar-refractivity contribution in [3.8, 4) is 27.9 Å². The molecule has 1 aliphatic carbocycles. The van der Waals surface area contributed by atoms with Crippen LogP contribution in [0, 0.1) is 0 Å². The van der Waals surface area contributed by atoms with Gasteiger partial charge in [-0.2, -0.15) is 0 Å². The van der Waals surface area contributed by atoms with Crippen molar-refractivity contribution in [3.63, 3.8) is 0 Å². The highest BCUT2D eigenvalue weighted by atomic mass is 16.3. The molecule has 0 N–H and O–H groups in total. The Bertz CT molecular complexity index is 2020. The van der Waals surface area contributed by atoms with Crippen LogP contribution in [0.3, 0.4) is 0 Å². The smallest absolute Gasteiger partial charge is 0.135 e. The van der Waals surface area contributed by atoms with Crippen LogP contribution in [0.5, 0.6) is 0 Å². The minimum Gasteiger partial charge on any atom is -0.456 e.